The zero-order chi connectivity index (χ0) is 50.6. The lowest BCUT2D eigenvalue weighted by molar-refractivity contribution is -0.834. The largest absolute Gasteiger partial charge is 0.460 e. The first kappa shape index (κ1) is 55.7. The molecule has 0 radical (unpaired) electrons. The Hall–Kier alpha value is -4.26. The molecule has 384 valence electrons. The van der Waals surface area contributed by atoms with E-state index in [0.29, 0.717) is 50.5 Å². The highest BCUT2D eigenvalue weighted by Gasteiger charge is 2.55. The fraction of sp³-hybridized carbons (Fsp3) is 0.731. The van der Waals surface area contributed by atoms with Crippen molar-refractivity contribution in [3.8, 4) is 0 Å². The number of piperidine rings is 1. The van der Waals surface area contributed by atoms with Crippen molar-refractivity contribution in [1.82, 2.24) is 20.3 Å². The number of ketones is 3. The molecule has 1 aromatic rings. The van der Waals surface area contributed by atoms with Gasteiger partial charge in [0, 0.05) is 58.5 Å². The van der Waals surface area contributed by atoms with E-state index in [4.69, 9.17) is 23.7 Å². The van der Waals surface area contributed by atoms with Gasteiger partial charge in [-0.05, 0) is 117 Å². The van der Waals surface area contributed by atoms with Gasteiger partial charge in [0.25, 0.3) is 12.2 Å². The number of carbonyl (C=O) groups is 5. The molecule has 3 fully saturated rings. The molecule has 0 aromatic carbocycles. The second-order valence-corrected chi connectivity index (χ2v) is 20.4. The van der Waals surface area contributed by atoms with Crippen LogP contribution in [0.15, 0.2) is 53.9 Å². The van der Waals surface area contributed by atoms with Crippen molar-refractivity contribution < 1.29 is 62.7 Å². The average Bonchev–Trinajstić information content (AvgIpc) is 3.85. The third-order valence-corrected chi connectivity index (χ3v) is 15.1. The average molecular weight is 967 g/mol. The van der Waals surface area contributed by atoms with Crippen LogP contribution in [0.5, 0.6) is 0 Å². The van der Waals surface area contributed by atoms with Gasteiger partial charge in [-0.15, -0.1) is 0 Å². The standard InChI is InChI=1S/C52H79N5O12/c1-31-16-12-11-13-17-32(2)43(65-8)28-39-21-19-33(3)49(61)52(64,69-39)51(63)56-23-15-14-18-41(56)50(62)68-44(35(5)26-38-20-22-40(45(27-38)66-9)57-54-30-53-55-57)29-42(58)34(4)25-37(7)47(60)48(67-10)46(59)36(6)24-31/h11-13,16-17,25,30-31,33-36,38-41,43-45,47-48,60,64H,14-15,18-24,26-29H2,1-10H3/p+1/t31-,33-,34-,35-,36+,38+,39?,40+,41?,43+,44+,45-,47-,48+,52?/m1/s1. The maximum Gasteiger partial charge on any atom is 0.329 e. The van der Waals surface area contributed by atoms with Gasteiger partial charge in [-0.3, -0.25) is 19.2 Å². The Morgan fingerprint density at radius 1 is 0.899 bits per heavy atom. The number of methoxy groups -OCH3 is 3. The Morgan fingerprint density at radius 3 is 2.33 bits per heavy atom. The maximum absolute atomic E-state index is 14.7. The number of fused-ring (bicyclic) bond motifs is 3. The molecule has 0 spiro atoms. The number of aliphatic hydroxyl groups is 2. The topological polar surface area (TPSA) is 221 Å². The van der Waals surface area contributed by atoms with E-state index < -0.39 is 77.8 Å². The Labute approximate surface area is 408 Å². The van der Waals surface area contributed by atoms with E-state index in [9.17, 15) is 34.2 Å². The molecule has 5 rings (SSSR count). The summed E-state index contributed by atoms with van der Waals surface area (Å²) in [6, 6.07) is -1.21. The number of hydrogen-bond donors (Lipinski definition) is 3. The van der Waals surface area contributed by atoms with Crippen LogP contribution >= 0.6 is 0 Å². The van der Waals surface area contributed by atoms with Crippen molar-refractivity contribution in [1.29, 1.82) is 0 Å². The van der Waals surface area contributed by atoms with Crippen LogP contribution in [0.2, 0.25) is 0 Å². The van der Waals surface area contributed by atoms with Crippen LogP contribution in [0.4, 0.5) is 0 Å². The Morgan fingerprint density at radius 2 is 1.65 bits per heavy atom. The van der Waals surface area contributed by atoms with Gasteiger partial charge >= 0.3 is 11.8 Å². The fourth-order valence-corrected chi connectivity index (χ4v) is 10.7. The molecule has 2 saturated heterocycles. The Kier molecular flexibility index (Phi) is 20.8. The normalized spacial score (nSPS) is 36.3. The molecule has 17 nitrogen and oxygen atoms in total. The monoisotopic (exact) mass is 967 g/mol. The van der Waals surface area contributed by atoms with Crippen molar-refractivity contribution in [2.45, 2.75) is 180 Å². The summed E-state index contributed by atoms with van der Waals surface area (Å²) in [6.45, 7) is 12.8. The summed E-state index contributed by atoms with van der Waals surface area (Å²) in [7, 11) is 4.62. The summed E-state index contributed by atoms with van der Waals surface area (Å²) >= 11 is 0. The van der Waals surface area contributed by atoms with Crippen LogP contribution in [0.25, 0.3) is 0 Å². The molecule has 1 saturated carbocycles. The summed E-state index contributed by atoms with van der Waals surface area (Å²) in [6.07, 6.45) is 13.3. The molecule has 4 aliphatic rings. The van der Waals surface area contributed by atoms with Gasteiger partial charge in [-0.2, -0.15) is 0 Å². The van der Waals surface area contributed by atoms with Crippen molar-refractivity contribution in [2.75, 3.05) is 27.9 Å². The van der Waals surface area contributed by atoms with Crippen molar-refractivity contribution in [3.05, 3.63) is 53.9 Å². The summed E-state index contributed by atoms with van der Waals surface area (Å²) in [5.41, 5.74) is 1.24. The number of carbonyl (C=O) groups excluding carboxylic acids is 5. The van der Waals surface area contributed by atoms with Crippen LogP contribution in [-0.2, 0) is 47.7 Å². The van der Waals surface area contributed by atoms with Crippen LogP contribution in [0, 0.1) is 35.5 Å². The lowest BCUT2D eigenvalue weighted by Crippen LogP contribution is -2.62. The number of amides is 1. The molecule has 4 heterocycles. The second-order valence-electron chi connectivity index (χ2n) is 20.4. The van der Waals surface area contributed by atoms with Crippen molar-refractivity contribution >= 4 is 29.2 Å². The molecule has 2 bridgehead atoms. The fourth-order valence-electron chi connectivity index (χ4n) is 10.7. The van der Waals surface area contributed by atoms with Gasteiger partial charge in [0.2, 0.25) is 5.78 Å². The van der Waals surface area contributed by atoms with Crippen LogP contribution < -0.4 is 4.80 Å². The quantitative estimate of drug-likeness (QED) is 0.134. The van der Waals surface area contributed by atoms with E-state index in [2.05, 4.69) is 15.4 Å². The van der Waals surface area contributed by atoms with Crippen LogP contribution in [0.3, 0.4) is 0 Å². The molecular weight excluding hydrogens is 887 g/mol. The lowest BCUT2D eigenvalue weighted by atomic mass is 9.77. The zero-order valence-corrected chi connectivity index (χ0v) is 42.6. The number of allylic oxidation sites excluding steroid dienone is 6. The number of cyclic esters (lactones) is 1. The highest BCUT2D eigenvalue weighted by atomic mass is 16.6. The van der Waals surface area contributed by atoms with E-state index in [1.807, 2.05) is 58.1 Å². The number of Topliss-reactive ketones (excluding diaryl/α,β-unsaturated/α-hetero) is 3. The highest BCUT2D eigenvalue weighted by Crippen LogP contribution is 2.38. The molecule has 3 unspecified atom stereocenters. The number of esters is 1. The summed E-state index contributed by atoms with van der Waals surface area (Å²) < 4.78 is 30.0. The molecule has 17 heteroatoms. The number of aromatic nitrogens is 4. The third kappa shape index (κ3) is 14.2. The minimum atomic E-state index is -2.85. The maximum atomic E-state index is 14.7. The Balaban J connectivity index is 1.49. The van der Waals surface area contributed by atoms with Gasteiger partial charge in [0.05, 0.1) is 17.3 Å². The van der Waals surface area contributed by atoms with Gasteiger partial charge in [0.1, 0.15) is 36.2 Å². The second kappa shape index (κ2) is 25.7. The number of nitrogens with one attached hydrogen (secondary N) is 1. The number of nitrogens with zero attached hydrogens (tertiary/aromatic N) is 4. The number of tetrazole rings is 1. The number of rotatable bonds is 7. The van der Waals surface area contributed by atoms with Gasteiger partial charge in [-0.25, -0.2) is 4.79 Å². The molecule has 1 aromatic heterocycles. The smallest absolute Gasteiger partial charge is 0.329 e. The van der Waals surface area contributed by atoms with E-state index in [1.54, 1.807) is 45.9 Å². The molecule has 3 N–H and O–H groups in total. The molecule has 15 atom stereocenters. The number of H-pyrrole nitrogens is 1. The van der Waals surface area contributed by atoms with Crippen LogP contribution in [-0.4, -0.2) is 136 Å². The number of aliphatic hydroxyl groups excluding tert-OH is 1. The van der Waals surface area contributed by atoms with E-state index in [-0.39, 0.29) is 67.3 Å². The first-order valence-corrected chi connectivity index (χ1v) is 25.1. The van der Waals surface area contributed by atoms with E-state index in [0.717, 1.165) is 18.4 Å². The van der Waals surface area contributed by atoms with E-state index in [1.165, 1.54) is 18.3 Å². The molecule has 3 aliphatic heterocycles. The van der Waals surface area contributed by atoms with E-state index >= 15 is 0 Å². The predicted octanol–water partition coefficient (Wildman–Crippen LogP) is 5.47. The zero-order valence-electron chi connectivity index (χ0n) is 42.6. The molecule has 1 amide bonds. The first-order chi connectivity index (χ1) is 32.8. The van der Waals surface area contributed by atoms with Gasteiger partial charge < -0.3 is 38.8 Å². The lowest BCUT2D eigenvalue weighted by Gasteiger charge is -2.40. The number of ether oxygens (including phenoxy) is 5. The Bertz CT molecular complexity index is 2020. The minimum absolute atomic E-state index is 0.0134. The first-order valence-electron chi connectivity index (χ1n) is 25.1. The number of aromatic amines is 1. The number of hydrogen-bond acceptors (Lipinski definition) is 14. The highest BCUT2D eigenvalue weighted by molar-refractivity contribution is 6.09. The summed E-state index contributed by atoms with van der Waals surface area (Å²) in [4.78, 5) is 74.3. The van der Waals surface area contributed by atoms with Gasteiger partial charge in [0.15, 0.2) is 11.8 Å². The molecular formula is C52H80N5O12+. The summed E-state index contributed by atoms with van der Waals surface area (Å²) in [5, 5.41) is 34.9. The summed E-state index contributed by atoms with van der Waals surface area (Å²) in [5.74, 6) is -7.95. The molecule has 1 aliphatic carbocycles. The predicted molar refractivity (Wildman–Crippen MR) is 255 cm³/mol. The SMILES string of the molecule is CO[C@H]1CC2CC[C@@H](C)C(=O)C(O)(O2)C(=O)N2CCCCC2C(=O)O[C@H]([C@H](C)C[C@@H]2CC[C@H]([n+]3ncn[nH]3)[C@H](OC)C2)CC(=O)[C@H](C)C=C(C)[C@@H](O)[C@@H](OC)C(=O)[C@@H](C)C[C@H](C)C=CC=CC=C1C. The minimum Gasteiger partial charge on any atom is -0.460 e. The van der Waals surface area contributed by atoms with Crippen LogP contribution in [0.1, 0.15) is 132 Å². The van der Waals surface area contributed by atoms with Crippen molar-refractivity contribution in [3.63, 3.8) is 0 Å². The third-order valence-electron chi connectivity index (χ3n) is 15.1. The van der Waals surface area contributed by atoms with Crippen molar-refractivity contribution in [2.24, 2.45) is 35.5 Å². The molecule has 69 heavy (non-hydrogen) atoms. The van der Waals surface area contributed by atoms with Gasteiger partial charge in [-0.1, -0.05) is 75.9 Å².